The second-order valence-electron chi connectivity index (χ2n) is 5.60. The van der Waals surface area contributed by atoms with Crippen LogP contribution in [0, 0.1) is 20.8 Å². The molecular formula is C19H19BrO4. The first kappa shape index (κ1) is 18.2. The molecule has 0 aliphatic heterocycles. The van der Waals surface area contributed by atoms with E-state index in [1.165, 1.54) is 0 Å². The first-order valence-corrected chi connectivity index (χ1v) is 8.24. The molecule has 0 heterocycles. The van der Waals surface area contributed by atoms with Gasteiger partial charge in [-0.1, -0.05) is 6.07 Å². The minimum atomic E-state index is -0.548. The van der Waals surface area contributed by atoms with Crippen LogP contribution < -0.4 is 4.74 Å². The Labute approximate surface area is 149 Å². The first-order chi connectivity index (χ1) is 11.3. The number of benzene rings is 2. The number of hydrogen-bond acceptors (Lipinski definition) is 4. The third-order valence-electron chi connectivity index (χ3n) is 3.86. The van der Waals surface area contributed by atoms with Gasteiger partial charge in [-0.05, 0) is 77.7 Å². The number of halogens is 1. The number of ketones is 1. The highest BCUT2D eigenvalue weighted by atomic mass is 79.9. The molecule has 0 atom stereocenters. The summed E-state index contributed by atoms with van der Waals surface area (Å²) in [5.74, 6) is -0.141. The topological polar surface area (TPSA) is 52.6 Å². The van der Waals surface area contributed by atoms with Gasteiger partial charge in [0.25, 0.3) is 0 Å². The van der Waals surface area contributed by atoms with E-state index in [2.05, 4.69) is 15.9 Å². The van der Waals surface area contributed by atoms with Crippen LogP contribution >= 0.6 is 15.9 Å². The van der Waals surface area contributed by atoms with Gasteiger partial charge >= 0.3 is 5.97 Å². The van der Waals surface area contributed by atoms with Gasteiger partial charge in [-0.2, -0.15) is 0 Å². The number of esters is 1. The van der Waals surface area contributed by atoms with Crippen molar-refractivity contribution < 1.29 is 19.1 Å². The maximum atomic E-state index is 12.3. The van der Waals surface area contributed by atoms with Gasteiger partial charge in [-0.3, -0.25) is 4.79 Å². The van der Waals surface area contributed by atoms with Crippen molar-refractivity contribution in [1.29, 1.82) is 0 Å². The highest BCUT2D eigenvalue weighted by molar-refractivity contribution is 9.10. The Morgan fingerprint density at radius 1 is 1.00 bits per heavy atom. The van der Waals surface area contributed by atoms with E-state index in [0.29, 0.717) is 21.3 Å². The fourth-order valence-corrected chi connectivity index (χ4v) is 2.89. The van der Waals surface area contributed by atoms with Crippen molar-refractivity contribution in [3.8, 4) is 5.75 Å². The summed E-state index contributed by atoms with van der Waals surface area (Å²) in [4.78, 5) is 24.4. The van der Waals surface area contributed by atoms with Crippen molar-refractivity contribution in [3.05, 3.63) is 62.6 Å². The minimum absolute atomic E-state index is 0.212. The van der Waals surface area contributed by atoms with Gasteiger partial charge < -0.3 is 9.47 Å². The fraction of sp³-hybridized carbons (Fsp3) is 0.263. The quantitative estimate of drug-likeness (QED) is 0.559. The third-order valence-corrected chi connectivity index (χ3v) is 4.48. The highest BCUT2D eigenvalue weighted by Gasteiger charge is 2.15. The molecule has 0 unspecified atom stereocenters. The van der Waals surface area contributed by atoms with Crippen molar-refractivity contribution in [2.45, 2.75) is 20.8 Å². The van der Waals surface area contributed by atoms with Crippen molar-refractivity contribution in [2.75, 3.05) is 13.7 Å². The SMILES string of the molecule is COc1ccc(C(=O)OCC(=O)c2cc(C)c(C)cc2C)cc1Br. The molecule has 2 aromatic rings. The average molecular weight is 391 g/mol. The maximum absolute atomic E-state index is 12.3. The highest BCUT2D eigenvalue weighted by Crippen LogP contribution is 2.25. The number of ether oxygens (including phenoxy) is 2. The van der Waals surface area contributed by atoms with Crippen LogP contribution in [-0.4, -0.2) is 25.5 Å². The zero-order valence-electron chi connectivity index (χ0n) is 14.1. The number of carbonyl (C=O) groups is 2. The summed E-state index contributed by atoms with van der Waals surface area (Å²) in [6.07, 6.45) is 0. The predicted molar refractivity (Wildman–Crippen MR) is 96.0 cm³/mol. The molecule has 0 bridgehead atoms. The Kier molecular flexibility index (Phi) is 5.78. The van der Waals surface area contributed by atoms with E-state index < -0.39 is 5.97 Å². The number of aryl methyl sites for hydroxylation is 3. The van der Waals surface area contributed by atoms with Crippen molar-refractivity contribution in [1.82, 2.24) is 0 Å². The standard InChI is InChI=1S/C19H19BrO4/c1-11-7-13(3)15(8-12(11)2)17(21)10-24-19(22)14-5-6-18(23-4)16(20)9-14/h5-9H,10H2,1-4H3. The molecule has 0 aromatic heterocycles. The summed E-state index contributed by atoms with van der Waals surface area (Å²) >= 11 is 3.32. The largest absolute Gasteiger partial charge is 0.496 e. The molecule has 0 aliphatic carbocycles. The minimum Gasteiger partial charge on any atom is -0.496 e. The van der Waals surface area contributed by atoms with Gasteiger partial charge in [-0.25, -0.2) is 4.79 Å². The second kappa shape index (κ2) is 7.62. The van der Waals surface area contributed by atoms with Crippen LogP contribution in [0.25, 0.3) is 0 Å². The van der Waals surface area contributed by atoms with Gasteiger partial charge in [0, 0.05) is 5.56 Å². The average Bonchev–Trinajstić information content (AvgIpc) is 2.55. The van der Waals surface area contributed by atoms with E-state index >= 15 is 0 Å². The summed E-state index contributed by atoms with van der Waals surface area (Å²) in [6, 6.07) is 8.66. The molecule has 24 heavy (non-hydrogen) atoms. The normalized spacial score (nSPS) is 10.4. The Morgan fingerprint density at radius 3 is 2.29 bits per heavy atom. The summed E-state index contributed by atoms with van der Waals surface area (Å²) in [5, 5.41) is 0. The molecule has 0 radical (unpaired) electrons. The summed E-state index contributed by atoms with van der Waals surface area (Å²) in [6.45, 7) is 5.54. The molecule has 0 saturated carbocycles. The van der Waals surface area contributed by atoms with E-state index in [9.17, 15) is 9.59 Å². The third kappa shape index (κ3) is 4.03. The lowest BCUT2D eigenvalue weighted by atomic mass is 9.98. The van der Waals surface area contributed by atoms with Crippen LogP contribution in [0.3, 0.4) is 0 Å². The Balaban J connectivity index is 2.07. The molecule has 0 amide bonds. The van der Waals surface area contributed by atoms with Crippen LogP contribution in [0.5, 0.6) is 5.75 Å². The molecule has 0 aliphatic rings. The Hall–Kier alpha value is -2.14. The van der Waals surface area contributed by atoms with Gasteiger partial charge in [0.05, 0.1) is 17.1 Å². The van der Waals surface area contributed by atoms with Crippen LogP contribution in [-0.2, 0) is 4.74 Å². The lowest BCUT2D eigenvalue weighted by Gasteiger charge is -2.10. The van der Waals surface area contributed by atoms with Crippen LogP contribution in [0.2, 0.25) is 0 Å². The molecule has 0 spiro atoms. The molecule has 0 fully saturated rings. The maximum Gasteiger partial charge on any atom is 0.338 e. The summed E-state index contributed by atoms with van der Waals surface area (Å²) in [5.41, 5.74) is 3.99. The smallest absolute Gasteiger partial charge is 0.338 e. The number of carbonyl (C=O) groups excluding carboxylic acids is 2. The molecule has 4 nitrogen and oxygen atoms in total. The van der Waals surface area contributed by atoms with E-state index in [1.54, 1.807) is 25.3 Å². The van der Waals surface area contributed by atoms with Crippen molar-refractivity contribution >= 4 is 27.7 Å². The monoisotopic (exact) mass is 390 g/mol. The van der Waals surface area contributed by atoms with E-state index in [4.69, 9.17) is 9.47 Å². The van der Waals surface area contributed by atoms with E-state index in [1.807, 2.05) is 32.9 Å². The van der Waals surface area contributed by atoms with Crippen molar-refractivity contribution in [3.63, 3.8) is 0 Å². The van der Waals surface area contributed by atoms with Crippen LogP contribution in [0.4, 0.5) is 0 Å². The molecule has 126 valence electrons. The van der Waals surface area contributed by atoms with Crippen LogP contribution in [0.15, 0.2) is 34.8 Å². The number of hydrogen-bond donors (Lipinski definition) is 0. The molecule has 0 N–H and O–H groups in total. The number of methoxy groups -OCH3 is 1. The lowest BCUT2D eigenvalue weighted by Crippen LogP contribution is -2.15. The van der Waals surface area contributed by atoms with Crippen LogP contribution in [0.1, 0.15) is 37.4 Å². The second-order valence-corrected chi connectivity index (χ2v) is 6.45. The lowest BCUT2D eigenvalue weighted by molar-refractivity contribution is 0.0474. The van der Waals surface area contributed by atoms with Crippen molar-refractivity contribution in [2.24, 2.45) is 0 Å². The Bertz CT molecular complexity index is 796. The zero-order chi connectivity index (χ0) is 17.9. The molecular weight excluding hydrogens is 372 g/mol. The zero-order valence-corrected chi connectivity index (χ0v) is 15.7. The van der Waals surface area contributed by atoms with Gasteiger partial charge in [-0.15, -0.1) is 0 Å². The van der Waals surface area contributed by atoms with Gasteiger partial charge in [0.1, 0.15) is 5.75 Å². The summed E-state index contributed by atoms with van der Waals surface area (Å²) < 4.78 is 10.9. The molecule has 2 rings (SSSR count). The Morgan fingerprint density at radius 2 is 1.67 bits per heavy atom. The molecule has 0 saturated heterocycles. The van der Waals surface area contributed by atoms with E-state index in [-0.39, 0.29) is 12.4 Å². The molecule has 2 aromatic carbocycles. The predicted octanol–water partition coefficient (Wildman–Crippen LogP) is 4.42. The fourth-order valence-electron chi connectivity index (χ4n) is 2.35. The van der Waals surface area contributed by atoms with Gasteiger partial charge in [0.2, 0.25) is 5.78 Å². The van der Waals surface area contributed by atoms with Gasteiger partial charge in [0.15, 0.2) is 6.61 Å². The number of rotatable bonds is 5. The number of Topliss-reactive ketones (excluding diaryl/α,β-unsaturated/α-hetero) is 1. The summed E-state index contributed by atoms with van der Waals surface area (Å²) in [7, 11) is 1.54. The first-order valence-electron chi connectivity index (χ1n) is 7.45. The molecule has 5 heteroatoms. The van der Waals surface area contributed by atoms with E-state index in [0.717, 1.165) is 16.7 Å².